The molecule has 1 aliphatic carbocycles. The van der Waals surface area contributed by atoms with Crippen LogP contribution in [0.3, 0.4) is 0 Å². The first-order valence-electron chi connectivity index (χ1n) is 15.8. The molecule has 1 amide bonds. The van der Waals surface area contributed by atoms with Gasteiger partial charge in [-0.2, -0.15) is 0 Å². The molecule has 3 aliphatic rings. The van der Waals surface area contributed by atoms with Crippen LogP contribution in [0.2, 0.25) is 0 Å². The molecular formula is C35H44FN3O7. The van der Waals surface area contributed by atoms with Crippen LogP contribution in [-0.2, 0) is 23.9 Å². The van der Waals surface area contributed by atoms with Gasteiger partial charge in [0.25, 0.3) is 0 Å². The molecule has 5 rings (SSSR count). The summed E-state index contributed by atoms with van der Waals surface area (Å²) in [6.07, 6.45) is 4.85. The molecule has 2 bridgehead atoms. The van der Waals surface area contributed by atoms with E-state index in [2.05, 4.69) is 9.97 Å². The Bertz CT molecular complexity index is 1570. The predicted molar refractivity (Wildman–Crippen MR) is 169 cm³/mol. The van der Waals surface area contributed by atoms with Crippen LogP contribution in [0.25, 0.3) is 16.9 Å². The molecule has 248 valence electrons. The molecule has 11 heteroatoms. The van der Waals surface area contributed by atoms with Crippen molar-refractivity contribution in [1.82, 2.24) is 14.9 Å². The minimum atomic E-state index is -1.02. The molecule has 46 heavy (non-hydrogen) atoms. The number of hydrogen-bond acceptors (Lipinski definition) is 9. The summed E-state index contributed by atoms with van der Waals surface area (Å²) < 4.78 is 39.1. The third-order valence-corrected chi connectivity index (χ3v) is 8.73. The fraction of sp³-hybridized carbons (Fsp3) is 0.571. The van der Waals surface area contributed by atoms with E-state index < -0.39 is 52.8 Å². The molecule has 3 heterocycles. The molecule has 0 spiro atoms. The zero-order valence-electron chi connectivity index (χ0n) is 27.8. The SMILES string of the molecule is COc1ccc2nc3c(nc2c1)O[C@H]1CN(C(=O)[C@H](C(C)(C)C)CC(=O)O[C@@H]2C[C@H]2C/C=C/C=C3F)[C@H](C(=O)OC(C)(C)C)[C@@H]1C. The molecule has 10 nitrogen and oxygen atoms in total. The van der Waals surface area contributed by atoms with Crippen molar-refractivity contribution >= 4 is 34.7 Å². The second-order valence-corrected chi connectivity index (χ2v) is 14.5. The number of hydrogen-bond donors (Lipinski definition) is 0. The first-order chi connectivity index (χ1) is 21.6. The fourth-order valence-corrected chi connectivity index (χ4v) is 6.01. The van der Waals surface area contributed by atoms with Crippen molar-refractivity contribution in [1.29, 1.82) is 0 Å². The maximum absolute atomic E-state index is 15.8. The number of methoxy groups -OCH3 is 1. The number of benzene rings is 1. The summed E-state index contributed by atoms with van der Waals surface area (Å²) >= 11 is 0. The highest BCUT2D eigenvalue weighted by Gasteiger charge is 2.52. The molecule has 6 atom stereocenters. The summed E-state index contributed by atoms with van der Waals surface area (Å²) in [5, 5.41) is 0. The number of amides is 1. The highest BCUT2D eigenvalue weighted by molar-refractivity contribution is 5.90. The van der Waals surface area contributed by atoms with Crippen molar-refractivity contribution in [2.24, 2.45) is 23.2 Å². The van der Waals surface area contributed by atoms with Gasteiger partial charge in [-0.15, -0.1) is 0 Å². The Morgan fingerprint density at radius 3 is 2.46 bits per heavy atom. The zero-order chi connectivity index (χ0) is 33.6. The van der Waals surface area contributed by atoms with Gasteiger partial charge in [0.05, 0.1) is 37.0 Å². The first kappa shape index (κ1) is 33.3. The molecule has 1 aromatic carbocycles. The van der Waals surface area contributed by atoms with E-state index in [9.17, 15) is 14.4 Å². The summed E-state index contributed by atoms with van der Waals surface area (Å²) in [7, 11) is 1.53. The van der Waals surface area contributed by atoms with Gasteiger partial charge >= 0.3 is 11.9 Å². The summed E-state index contributed by atoms with van der Waals surface area (Å²) in [5.74, 6) is -2.87. The maximum atomic E-state index is 15.8. The van der Waals surface area contributed by atoms with Crippen LogP contribution in [0, 0.1) is 23.2 Å². The smallest absolute Gasteiger partial charge is 0.329 e. The topological polar surface area (TPSA) is 117 Å². The van der Waals surface area contributed by atoms with Gasteiger partial charge in [0, 0.05) is 17.9 Å². The number of fused-ring (bicyclic) bond motifs is 5. The number of ether oxygens (including phenoxy) is 4. The monoisotopic (exact) mass is 637 g/mol. The summed E-state index contributed by atoms with van der Waals surface area (Å²) in [6.45, 7) is 12.7. The minimum Gasteiger partial charge on any atom is -0.497 e. The minimum absolute atomic E-state index is 0.0151. The third kappa shape index (κ3) is 7.34. The molecule has 2 aromatic rings. The van der Waals surface area contributed by atoms with Crippen LogP contribution in [0.5, 0.6) is 11.6 Å². The average Bonchev–Trinajstić information content (AvgIpc) is 3.61. The van der Waals surface area contributed by atoms with Gasteiger partial charge in [0.15, 0.2) is 11.5 Å². The quantitative estimate of drug-likeness (QED) is 0.375. The van der Waals surface area contributed by atoms with Gasteiger partial charge in [-0.1, -0.05) is 39.8 Å². The standard InChI is InChI=1S/C35H44FN3O7/c1-19-27-18-39(30(19)33(42)46-35(5,6)7)32(41)22(34(2,3)4)17-28(40)44-26-15-20(26)11-9-10-12-23(36)29-31(45-27)38-25-16-21(43-8)13-14-24(25)37-29/h9-10,12-14,16,19-20,22,26-27,30H,11,15,17-18H2,1-8H3/b10-9+,23-12?/t19-,20-,22-,26-,27+,30+/m1/s1. The number of aromatic nitrogens is 2. The number of rotatable bonds is 2. The average molecular weight is 638 g/mol. The van der Waals surface area contributed by atoms with E-state index >= 15 is 4.39 Å². The van der Waals surface area contributed by atoms with Gasteiger partial charge < -0.3 is 23.8 Å². The summed E-state index contributed by atoms with van der Waals surface area (Å²) in [5.41, 5.74) is -0.677. The molecule has 2 fully saturated rings. The lowest BCUT2D eigenvalue weighted by Gasteiger charge is -2.35. The molecule has 1 saturated carbocycles. The van der Waals surface area contributed by atoms with Gasteiger partial charge in [0.2, 0.25) is 11.8 Å². The van der Waals surface area contributed by atoms with Crippen LogP contribution >= 0.6 is 0 Å². The Morgan fingerprint density at radius 2 is 1.78 bits per heavy atom. The van der Waals surface area contributed by atoms with E-state index in [0.29, 0.717) is 29.6 Å². The van der Waals surface area contributed by atoms with Crippen molar-refractivity contribution in [2.45, 2.75) is 91.6 Å². The molecule has 1 aromatic heterocycles. The number of carbonyl (C=O) groups is 3. The molecule has 1 saturated heterocycles. The number of carbonyl (C=O) groups excluding carboxylic acids is 3. The lowest BCUT2D eigenvalue weighted by Crippen LogP contribution is -2.50. The second-order valence-electron chi connectivity index (χ2n) is 14.5. The number of esters is 2. The van der Waals surface area contributed by atoms with E-state index in [1.54, 1.807) is 52.0 Å². The lowest BCUT2D eigenvalue weighted by atomic mass is 9.77. The highest BCUT2D eigenvalue weighted by Crippen LogP contribution is 2.41. The van der Waals surface area contributed by atoms with Crippen molar-refractivity contribution in [3.8, 4) is 11.6 Å². The van der Waals surface area contributed by atoms with Crippen LogP contribution in [0.1, 0.15) is 73.4 Å². The largest absolute Gasteiger partial charge is 0.497 e. The van der Waals surface area contributed by atoms with Gasteiger partial charge in [-0.3, -0.25) is 9.59 Å². The van der Waals surface area contributed by atoms with Gasteiger partial charge in [-0.25, -0.2) is 19.2 Å². The van der Waals surface area contributed by atoms with Crippen molar-refractivity contribution in [2.75, 3.05) is 13.7 Å². The van der Waals surface area contributed by atoms with Crippen LogP contribution in [0.4, 0.5) is 4.39 Å². The highest BCUT2D eigenvalue weighted by atomic mass is 19.1. The Morgan fingerprint density at radius 1 is 1.04 bits per heavy atom. The Balaban J connectivity index is 1.61. The number of nitrogens with zero attached hydrogens (tertiary/aromatic N) is 3. The van der Waals surface area contributed by atoms with Gasteiger partial charge in [-0.05, 0) is 57.2 Å². The zero-order valence-corrected chi connectivity index (χ0v) is 27.8. The van der Waals surface area contributed by atoms with E-state index in [1.165, 1.54) is 18.1 Å². The maximum Gasteiger partial charge on any atom is 0.329 e. The van der Waals surface area contributed by atoms with E-state index in [0.717, 1.165) is 0 Å². The third-order valence-electron chi connectivity index (χ3n) is 8.73. The second kappa shape index (κ2) is 12.6. The fourth-order valence-electron chi connectivity index (χ4n) is 6.01. The van der Waals surface area contributed by atoms with Crippen LogP contribution in [-0.4, -0.2) is 70.2 Å². The molecule has 0 unspecified atom stereocenters. The van der Waals surface area contributed by atoms with E-state index in [4.69, 9.17) is 18.9 Å². The Labute approximate surface area is 269 Å². The number of allylic oxidation sites excluding steroid dienone is 3. The van der Waals surface area contributed by atoms with Crippen LogP contribution in [0.15, 0.2) is 36.4 Å². The summed E-state index contributed by atoms with van der Waals surface area (Å²) in [6, 6.07) is 4.06. The summed E-state index contributed by atoms with van der Waals surface area (Å²) in [4.78, 5) is 51.8. The normalized spacial score (nSPS) is 28.1. The Kier molecular flexibility index (Phi) is 9.16. The predicted octanol–water partition coefficient (Wildman–Crippen LogP) is 5.83. The van der Waals surface area contributed by atoms with E-state index in [-0.39, 0.29) is 42.5 Å². The molecule has 2 aliphatic heterocycles. The van der Waals surface area contributed by atoms with Crippen molar-refractivity contribution in [3.05, 3.63) is 42.1 Å². The Hall–Kier alpha value is -4.02. The number of halogens is 1. The molecule has 0 N–H and O–H groups in total. The molecule has 0 radical (unpaired) electrons. The van der Waals surface area contributed by atoms with Crippen LogP contribution < -0.4 is 9.47 Å². The first-order valence-corrected chi connectivity index (χ1v) is 15.8. The van der Waals surface area contributed by atoms with Crippen molar-refractivity contribution < 1.29 is 37.7 Å². The lowest BCUT2D eigenvalue weighted by molar-refractivity contribution is -0.166. The molecular weight excluding hydrogens is 593 g/mol. The van der Waals surface area contributed by atoms with E-state index in [1.807, 2.05) is 26.8 Å². The van der Waals surface area contributed by atoms with Gasteiger partial charge in [0.1, 0.15) is 29.6 Å². The van der Waals surface area contributed by atoms with Crippen molar-refractivity contribution in [3.63, 3.8) is 0 Å².